The number of aromatic nitrogens is 1. The molecule has 0 bridgehead atoms. The van der Waals surface area contributed by atoms with Gasteiger partial charge in [0.2, 0.25) is 0 Å². The Morgan fingerprint density at radius 1 is 1.00 bits per heavy atom. The summed E-state index contributed by atoms with van der Waals surface area (Å²) in [6, 6.07) is 21.6. The molecule has 0 saturated heterocycles. The average molecular weight is 434 g/mol. The molecule has 4 aromatic rings. The molecular weight excluding hydrogens is 415 g/mol. The lowest BCUT2D eigenvalue weighted by Crippen LogP contribution is -2.22. The predicted molar refractivity (Wildman–Crippen MR) is 117 cm³/mol. The first-order chi connectivity index (χ1) is 15.0. The quantitative estimate of drug-likeness (QED) is 0.439. The summed E-state index contributed by atoms with van der Waals surface area (Å²) < 4.78 is 20.5. The highest BCUT2D eigenvalue weighted by atomic mass is 32.1. The number of nitrogens with zero attached hydrogens (tertiary/aromatic N) is 2. The zero-order valence-electron chi connectivity index (χ0n) is 16.7. The van der Waals surface area contributed by atoms with E-state index < -0.39 is 17.7 Å². The molecule has 1 amide bonds. The number of fused-ring (bicyclic) bond motifs is 1. The summed E-state index contributed by atoms with van der Waals surface area (Å²) in [5.41, 5.74) is 3.32. The van der Waals surface area contributed by atoms with Crippen molar-refractivity contribution in [1.29, 1.82) is 0 Å². The fourth-order valence-electron chi connectivity index (χ4n) is 3.23. The molecule has 0 aliphatic rings. The van der Waals surface area contributed by atoms with Crippen LogP contribution in [0.5, 0.6) is 0 Å². The van der Waals surface area contributed by atoms with Crippen LogP contribution in [0.4, 0.5) is 4.39 Å². The third kappa shape index (κ3) is 4.78. The number of methoxy groups -OCH3 is 1. The monoisotopic (exact) mass is 434 g/mol. The van der Waals surface area contributed by atoms with Crippen LogP contribution in [-0.2, 0) is 22.5 Å². The van der Waals surface area contributed by atoms with Gasteiger partial charge in [-0.1, -0.05) is 53.8 Å². The number of halogens is 1. The van der Waals surface area contributed by atoms with Crippen LogP contribution in [0.1, 0.15) is 21.5 Å². The average Bonchev–Trinajstić information content (AvgIpc) is 3.10. The van der Waals surface area contributed by atoms with Crippen LogP contribution in [0.3, 0.4) is 0 Å². The molecule has 31 heavy (non-hydrogen) atoms. The van der Waals surface area contributed by atoms with Gasteiger partial charge in [-0.05, 0) is 47.9 Å². The van der Waals surface area contributed by atoms with E-state index in [9.17, 15) is 14.0 Å². The molecule has 0 radical (unpaired) electrons. The van der Waals surface area contributed by atoms with E-state index in [-0.39, 0.29) is 6.54 Å². The van der Waals surface area contributed by atoms with Gasteiger partial charge in [0.25, 0.3) is 5.91 Å². The van der Waals surface area contributed by atoms with E-state index in [0.717, 1.165) is 23.3 Å². The maximum absolute atomic E-state index is 13.6. The Bertz CT molecular complexity index is 1310. The van der Waals surface area contributed by atoms with Crippen molar-refractivity contribution in [2.75, 3.05) is 7.11 Å². The minimum absolute atomic E-state index is 0.121. The summed E-state index contributed by atoms with van der Waals surface area (Å²) in [6.45, 7) is -0.121. The maximum atomic E-state index is 13.6. The standard InChI is InChI=1S/C24H19FN2O3S/c1-30-22(28)15-27-20-12-11-19(25)14-21(20)31-24(27)26-23(29)18-9-7-17(8-10-18)13-16-5-3-2-4-6-16/h2-12,14H,13,15H2,1H3. The Balaban J connectivity index is 1.65. The smallest absolute Gasteiger partial charge is 0.325 e. The van der Waals surface area contributed by atoms with E-state index in [1.165, 1.54) is 24.8 Å². The van der Waals surface area contributed by atoms with Gasteiger partial charge in [-0.15, -0.1) is 0 Å². The van der Waals surface area contributed by atoms with Gasteiger partial charge in [0, 0.05) is 5.56 Å². The Kier molecular flexibility index (Phi) is 6.04. The van der Waals surface area contributed by atoms with Crippen LogP contribution < -0.4 is 4.80 Å². The molecule has 0 fully saturated rings. The summed E-state index contributed by atoms with van der Waals surface area (Å²) in [5.74, 6) is -1.31. The van der Waals surface area contributed by atoms with Gasteiger partial charge in [0.05, 0.1) is 17.3 Å². The first-order valence-corrected chi connectivity index (χ1v) is 10.4. The number of rotatable bonds is 5. The van der Waals surface area contributed by atoms with E-state index >= 15 is 0 Å². The number of carbonyl (C=O) groups is 2. The van der Waals surface area contributed by atoms with Crippen molar-refractivity contribution in [2.45, 2.75) is 13.0 Å². The molecule has 0 saturated carbocycles. The molecular formula is C24H19FN2O3S. The second kappa shape index (κ2) is 9.06. The predicted octanol–water partition coefficient (Wildman–Crippen LogP) is 4.35. The number of thiazole rings is 1. The lowest BCUT2D eigenvalue weighted by Gasteiger charge is -2.04. The molecule has 4 rings (SSSR count). The molecule has 0 aliphatic carbocycles. The zero-order chi connectivity index (χ0) is 21.8. The largest absolute Gasteiger partial charge is 0.468 e. The third-order valence-electron chi connectivity index (χ3n) is 4.81. The van der Waals surface area contributed by atoms with Gasteiger partial charge in [0.1, 0.15) is 12.4 Å². The van der Waals surface area contributed by atoms with Crippen molar-refractivity contribution < 1.29 is 18.7 Å². The Hall–Kier alpha value is -3.58. The number of esters is 1. The molecule has 3 aromatic carbocycles. The molecule has 1 aromatic heterocycles. The number of hydrogen-bond acceptors (Lipinski definition) is 4. The Labute approximate surface area is 182 Å². The highest BCUT2D eigenvalue weighted by Gasteiger charge is 2.13. The number of hydrogen-bond donors (Lipinski definition) is 0. The van der Waals surface area contributed by atoms with Gasteiger partial charge in [-0.2, -0.15) is 4.99 Å². The van der Waals surface area contributed by atoms with Crippen LogP contribution in [0, 0.1) is 5.82 Å². The third-order valence-corrected chi connectivity index (χ3v) is 5.85. The summed E-state index contributed by atoms with van der Waals surface area (Å²) in [5, 5.41) is 0. The van der Waals surface area contributed by atoms with Crippen molar-refractivity contribution in [2.24, 2.45) is 4.99 Å². The number of ether oxygens (including phenoxy) is 1. The molecule has 7 heteroatoms. The van der Waals surface area contributed by atoms with Crippen LogP contribution in [0.15, 0.2) is 77.8 Å². The van der Waals surface area contributed by atoms with Crippen LogP contribution >= 0.6 is 11.3 Å². The Morgan fingerprint density at radius 2 is 1.71 bits per heavy atom. The fourth-order valence-corrected chi connectivity index (χ4v) is 4.28. The van der Waals surface area contributed by atoms with E-state index in [0.29, 0.717) is 20.6 Å². The molecule has 5 nitrogen and oxygen atoms in total. The van der Waals surface area contributed by atoms with Crippen molar-refractivity contribution in [3.05, 3.63) is 100 Å². The highest BCUT2D eigenvalue weighted by molar-refractivity contribution is 7.16. The molecule has 0 N–H and O–H groups in total. The van der Waals surface area contributed by atoms with Crippen molar-refractivity contribution in [3.63, 3.8) is 0 Å². The van der Waals surface area contributed by atoms with E-state index in [1.807, 2.05) is 30.3 Å². The molecule has 0 spiro atoms. The second-order valence-corrected chi connectivity index (χ2v) is 7.94. The summed E-state index contributed by atoms with van der Waals surface area (Å²) >= 11 is 1.15. The summed E-state index contributed by atoms with van der Waals surface area (Å²) in [6.07, 6.45) is 0.771. The van der Waals surface area contributed by atoms with E-state index in [2.05, 4.69) is 17.1 Å². The molecule has 0 unspecified atom stereocenters. The second-order valence-electron chi connectivity index (χ2n) is 6.94. The summed E-state index contributed by atoms with van der Waals surface area (Å²) in [7, 11) is 1.29. The zero-order valence-corrected chi connectivity index (χ0v) is 17.6. The van der Waals surface area contributed by atoms with Gasteiger partial charge in [0.15, 0.2) is 4.80 Å². The molecule has 0 aliphatic heterocycles. The lowest BCUT2D eigenvalue weighted by molar-refractivity contribution is -0.141. The Morgan fingerprint density at radius 3 is 2.42 bits per heavy atom. The minimum atomic E-state index is -0.483. The van der Waals surface area contributed by atoms with Crippen molar-refractivity contribution in [3.8, 4) is 0 Å². The fraction of sp³-hybridized carbons (Fsp3) is 0.125. The lowest BCUT2D eigenvalue weighted by atomic mass is 10.0. The van der Waals surface area contributed by atoms with Crippen LogP contribution in [0.25, 0.3) is 10.2 Å². The van der Waals surface area contributed by atoms with Crippen LogP contribution in [0.2, 0.25) is 0 Å². The van der Waals surface area contributed by atoms with Crippen LogP contribution in [-0.4, -0.2) is 23.6 Å². The first-order valence-electron chi connectivity index (χ1n) is 9.61. The minimum Gasteiger partial charge on any atom is -0.468 e. The number of carbonyl (C=O) groups excluding carboxylic acids is 2. The molecule has 156 valence electrons. The summed E-state index contributed by atoms with van der Waals surface area (Å²) in [4.78, 5) is 29.1. The molecule has 0 atom stereocenters. The topological polar surface area (TPSA) is 60.7 Å². The SMILES string of the molecule is COC(=O)Cn1c(=NC(=O)c2ccc(Cc3ccccc3)cc2)sc2cc(F)ccc21. The normalized spacial score (nSPS) is 11.6. The van der Waals surface area contributed by atoms with Gasteiger partial charge >= 0.3 is 5.97 Å². The maximum Gasteiger partial charge on any atom is 0.325 e. The van der Waals surface area contributed by atoms with Gasteiger partial charge < -0.3 is 9.30 Å². The van der Waals surface area contributed by atoms with Gasteiger partial charge in [-0.3, -0.25) is 9.59 Å². The van der Waals surface area contributed by atoms with Crippen molar-refractivity contribution >= 4 is 33.4 Å². The first kappa shape index (κ1) is 20.7. The van der Waals surface area contributed by atoms with E-state index in [1.54, 1.807) is 22.8 Å². The molecule has 1 heterocycles. The highest BCUT2D eigenvalue weighted by Crippen LogP contribution is 2.19. The number of benzene rings is 3. The number of amides is 1. The van der Waals surface area contributed by atoms with E-state index in [4.69, 9.17) is 4.74 Å². The van der Waals surface area contributed by atoms with Gasteiger partial charge in [-0.25, -0.2) is 4.39 Å². The van der Waals surface area contributed by atoms with Crippen molar-refractivity contribution in [1.82, 2.24) is 4.57 Å².